The Morgan fingerprint density at radius 2 is 1.73 bits per heavy atom. The lowest BCUT2D eigenvalue weighted by Gasteiger charge is -2.41. The van der Waals surface area contributed by atoms with Gasteiger partial charge in [0.25, 0.3) is 0 Å². The van der Waals surface area contributed by atoms with Gasteiger partial charge in [0.15, 0.2) is 0 Å². The Morgan fingerprint density at radius 1 is 1.09 bits per heavy atom. The first-order valence-electron chi connectivity index (χ1n) is 7.54. The minimum Gasteiger partial charge on any atom is -0.481 e. The maximum Gasteiger partial charge on any atom is 0.307 e. The van der Waals surface area contributed by atoms with Crippen molar-refractivity contribution in [1.29, 1.82) is 0 Å². The van der Waals surface area contributed by atoms with Crippen molar-refractivity contribution < 1.29 is 14.7 Å². The largest absolute Gasteiger partial charge is 0.481 e. The zero-order valence-electron chi connectivity index (χ0n) is 11.8. The first-order valence-corrected chi connectivity index (χ1v) is 7.92. The Labute approximate surface area is 133 Å². The second-order valence-corrected chi connectivity index (χ2v) is 6.87. The van der Waals surface area contributed by atoms with Gasteiger partial charge in [-0.1, -0.05) is 35.9 Å². The molecule has 2 bridgehead atoms. The molecule has 4 aliphatic carbocycles. The number of rotatable bonds is 3. The van der Waals surface area contributed by atoms with Crippen LogP contribution in [0.25, 0.3) is 0 Å². The summed E-state index contributed by atoms with van der Waals surface area (Å²) in [5, 5.41) is 12.9. The highest BCUT2D eigenvalue weighted by molar-refractivity contribution is 6.33. The van der Waals surface area contributed by atoms with E-state index in [-0.39, 0.29) is 17.7 Å². The van der Waals surface area contributed by atoms with Gasteiger partial charge in [0, 0.05) is 0 Å². The highest BCUT2D eigenvalue weighted by Gasteiger charge is 2.62. The molecule has 0 radical (unpaired) electrons. The molecule has 4 nitrogen and oxygen atoms in total. The average Bonchev–Trinajstić information content (AvgIpc) is 3.30. The second kappa shape index (κ2) is 4.85. The molecule has 0 spiro atoms. The van der Waals surface area contributed by atoms with Crippen molar-refractivity contribution in [1.82, 2.24) is 0 Å². The summed E-state index contributed by atoms with van der Waals surface area (Å²) in [4.78, 5) is 24.4. The van der Waals surface area contributed by atoms with Crippen LogP contribution in [0.15, 0.2) is 36.4 Å². The Balaban J connectivity index is 1.63. The topological polar surface area (TPSA) is 66.4 Å². The fourth-order valence-electron chi connectivity index (χ4n) is 4.35. The first kappa shape index (κ1) is 13.8. The van der Waals surface area contributed by atoms with Gasteiger partial charge in [-0.15, -0.1) is 0 Å². The highest BCUT2D eigenvalue weighted by atomic mass is 35.5. The fourth-order valence-corrected chi connectivity index (χ4v) is 4.53. The maximum absolute atomic E-state index is 12.7. The number of carbonyl (C=O) groups excluding carboxylic acids is 1. The molecule has 0 unspecified atom stereocenters. The number of allylic oxidation sites excluding steroid dienone is 2. The third-order valence-corrected chi connectivity index (χ3v) is 5.70. The van der Waals surface area contributed by atoms with E-state index in [1.807, 2.05) is 6.08 Å². The number of nitrogens with one attached hydrogen (secondary N) is 1. The molecule has 6 atom stereocenters. The molecule has 4 aliphatic rings. The maximum atomic E-state index is 12.7. The van der Waals surface area contributed by atoms with Gasteiger partial charge in [-0.05, 0) is 42.2 Å². The molecular weight excluding hydrogens is 302 g/mol. The highest BCUT2D eigenvalue weighted by Crippen LogP contribution is 2.63. The molecule has 1 aromatic rings. The van der Waals surface area contributed by atoms with Crippen molar-refractivity contribution in [2.75, 3.05) is 5.32 Å². The number of anilines is 1. The Hall–Kier alpha value is -1.81. The quantitative estimate of drug-likeness (QED) is 0.842. The van der Waals surface area contributed by atoms with E-state index >= 15 is 0 Å². The molecular formula is C17H16ClNO3. The molecule has 1 amide bonds. The number of carboxylic acids is 1. The summed E-state index contributed by atoms with van der Waals surface area (Å²) in [6, 6.07) is 7.01. The number of hydrogen-bond acceptors (Lipinski definition) is 2. The van der Waals surface area contributed by atoms with Gasteiger partial charge in [0.2, 0.25) is 5.91 Å². The summed E-state index contributed by atoms with van der Waals surface area (Å²) >= 11 is 6.08. The number of para-hydroxylation sites is 1. The molecule has 2 fully saturated rings. The molecule has 114 valence electrons. The van der Waals surface area contributed by atoms with Crippen LogP contribution in [0.2, 0.25) is 5.02 Å². The summed E-state index contributed by atoms with van der Waals surface area (Å²) in [5.41, 5.74) is 0.538. The van der Waals surface area contributed by atoms with E-state index in [1.165, 1.54) is 0 Å². The summed E-state index contributed by atoms with van der Waals surface area (Å²) in [6.07, 6.45) is 5.11. The monoisotopic (exact) mass is 317 g/mol. The smallest absolute Gasteiger partial charge is 0.307 e. The minimum atomic E-state index is -0.871. The van der Waals surface area contributed by atoms with Crippen molar-refractivity contribution >= 4 is 29.2 Å². The summed E-state index contributed by atoms with van der Waals surface area (Å²) in [5.74, 6) is -1.26. The van der Waals surface area contributed by atoms with Crippen LogP contribution >= 0.6 is 11.6 Å². The Morgan fingerprint density at radius 3 is 2.36 bits per heavy atom. The van der Waals surface area contributed by atoms with Crippen LogP contribution in [-0.4, -0.2) is 17.0 Å². The number of hydrogen-bond donors (Lipinski definition) is 2. The molecule has 2 saturated carbocycles. The lowest BCUT2D eigenvalue weighted by molar-refractivity contribution is -0.152. The third kappa shape index (κ3) is 1.97. The molecule has 1 aromatic carbocycles. The van der Waals surface area contributed by atoms with Gasteiger partial charge >= 0.3 is 5.97 Å². The number of fused-ring (bicyclic) bond motifs is 1. The Bertz CT molecular complexity index is 686. The van der Waals surface area contributed by atoms with Gasteiger partial charge in [-0.25, -0.2) is 0 Å². The average molecular weight is 318 g/mol. The van der Waals surface area contributed by atoms with Crippen molar-refractivity contribution in [3.05, 3.63) is 41.4 Å². The second-order valence-electron chi connectivity index (χ2n) is 6.46. The van der Waals surface area contributed by atoms with Crippen molar-refractivity contribution in [3.8, 4) is 0 Å². The minimum absolute atomic E-state index is 0.00510. The van der Waals surface area contributed by atoms with Gasteiger partial charge in [0.1, 0.15) is 0 Å². The van der Waals surface area contributed by atoms with Gasteiger partial charge in [0.05, 0.1) is 22.5 Å². The van der Waals surface area contributed by atoms with E-state index in [0.717, 1.165) is 6.42 Å². The number of aliphatic carboxylic acids is 1. The van der Waals surface area contributed by atoms with Crippen LogP contribution in [0.4, 0.5) is 5.69 Å². The predicted molar refractivity (Wildman–Crippen MR) is 82.4 cm³/mol. The van der Waals surface area contributed by atoms with Gasteiger partial charge < -0.3 is 10.4 Å². The zero-order chi connectivity index (χ0) is 15.4. The molecule has 5 heteroatoms. The van der Waals surface area contributed by atoms with Crippen LogP contribution in [0.1, 0.15) is 6.42 Å². The Kier molecular flexibility index (Phi) is 3.05. The van der Waals surface area contributed by atoms with Crippen LogP contribution in [-0.2, 0) is 9.59 Å². The number of amides is 1. The first-order chi connectivity index (χ1) is 10.6. The summed E-state index contributed by atoms with van der Waals surface area (Å²) in [6.45, 7) is 0. The number of carboxylic acid groups (broad SMARTS) is 1. The van der Waals surface area contributed by atoms with Crippen LogP contribution in [0.5, 0.6) is 0 Å². The lowest BCUT2D eigenvalue weighted by atomic mass is 9.62. The van der Waals surface area contributed by atoms with E-state index in [1.54, 1.807) is 24.3 Å². The van der Waals surface area contributed by atoms with Gasteiger partial charge in [-0.3, -0.25) is 9.59 Å². The van der Waals surface area contributed by atoms with E-state index in [9.17, 15) is 14.7 Å². The van der Waals surface area contributed by atoms with Crippen molar-refractivity contribution in [3.63, 3.8) is 0 Å². The van der Waals surface area contributed by atoms with Crippen LogP contribution < -0.4 is 5.32 Å². The third-order valence-electron chi connectivity index (χ3n) is 5.37. The predicted octanol–water partition coefficient (Wildman–Crippen LogP) is 3.05. The van der Waals surface area contributed by atoms with E-state index in [4.69, 9.17) is 11.6 Å². The molecule has 2 N–H and O–H groups in total. The summed E-state index contributed by atoms with van der Waals surface area (Å²) in [7, 11) is 0. The molecule has 5 rings (SSSR count). The molecule has 0 aromatic heterocycles. The number of carbonyl (C=O) groups is 2. The van der Waals surface area contributed by atoms with E-state index in [0.29, 0.717) is 22.5 Å². The normalized spacial score (nSPS) is 37.5. The fraction of sp³-hybridized carbons (Fsp3) is 0.412. The van der Waals surface area contributed by atoms with Crippen molar-refractivity contribution in [2.24, 2.45) is 35.5 Å². The molecule has 22 heavy (non-hydrogen) atoms. The van der Waals surface area contributed by atoms with E-state index in [2.05, 4.69) is 11.4 Å². The van der Waals surface area contributed by atoms with E-state index < -0.39 is 17.8 Å². The standard InChI is InChI=1S/C17H16ClNO3/c18-12-3-1-2-4-13(12)19-16(20)14-8-5-6-9(11-7-10(8)11)15(14)17(21)22/h1-6,8-11,14-15H,7H2,(H,19,20)(H,21,22)/t8-,9+,10+,11+,14+,15-/m0/s1. The SMILES string of the molecule is O=C(Nc1ccccc1Cl)[C@@H]1[C@H]2C=C[C@H]([C@H]3C[C@H]23)[C@@H]1C(=O)O. The molecule has 0 saturated heterocycles. The lowest BCUT2D eigenvalue weighted by Crippen LogP contribution is -2.48. The van der Waals surface area contributed by atoms with Crippen LogP contribution in [0, 0.1) is 35.5 Å². The number of benzene rings is 1. The molecule has 0 heterocycles. The van der Waals surface area contributed by atoms with Crippen LogP contribution in [0.3, 0.4) is 0 Å². The van der Waals surface area contributed by atoms with Gasteiger partial charge in [-0.2, -0.15) is 0 Å². The molecule has 0 aliphatic heterocycles. The zero-order valence-corrected chi connectivity index (χ0v) is 12.5. The van der Waals surface area contributed by atoms with Crippen molar-refractivity contribution in [2.45, 2.75) is 6.42 Å². The number of halogens is 1. The summed E-state index contributed by atoms with van der Waals surface area (Å²) < 4.78 is 0.